The fourth-order valence-electron chi connectivity index (χ4n) is 1.07. The smallest absolute Gasteiger partial charge is 0.128 e. The second-order valence-electron chi connectivity index (χ2n) is 2.87. The number of aromatic nitrogens is 1. The van der Waals surface area contributed by atoms with Gasteiger partial charge in [0.25, 0.3) is 0 Å². The van der Waals surface area contributed by atoms with E-state index in [1.165, 1.54) is 0 Å². The SMILES string of the molecule is CCCNc1cccc(NCC)n1. The summed E-state index contributed by atoms with van der Waals surface area (Å²) in [6.45, 7) is 6.09. The summed E-state index contributed by atoms with van der Waals surface area (Å²) in [5, 5.41) is 6.42. The van der Waals surface area contributed by atoms with Gasteiger partial charge in [0.2, 0.25) is 0 Å². The number of nitrogens with zero attached hydrogens (tertiary/aromatic N) is 1. The van der Waals surface area contributed by atoms with E-state index in [0.717, 1.165) is 31.1 Å². The van der Waals surface area contributed by atoms with Crippen LogP contribution in [0.1, 0.15) is 20.3 Å². The number of anilines is 2. The van der Waals surface area contributed by atoms with E-state index in [4.69, 9.17) is 0 Å². The first-order valence-electron chi connectivity index (χ1n) is 4.81. The first kappa shape index (κ1) is 9.84. The van der Waals surface area contributed by atoms with Crippen LogP contribution in [0, 0.1) is 0 Å². The molecule has 0 aliphatic heterocycles. The highest BCUT2D eigenvalue weighted by Crippen LogP contribution is 2.08. The molecule has 3 heteroatoms. The standard InChI is InChI=1S/C10H17N3/c1-3-8-12-10-7-5-6-9(13-10)11-4-2/h5-7H,3-4,8H2,1-2H3,(H2,11,12,13). The van der Waals surface area contributed by atoms with E-state index in [1.54, 1.807) is 0 Å². The Labute approximate surface area is 79.6 Å². The number of nitrogens with one attached hydrogen (secondary N) is 2. The van der Waals surface area contributed by atoms with Crippen LogP contribution in [0.3, 0.4) is 0 Å². The normalized spacial score (nSPS) is 9.69. The Morgan fingerprint density at radius 3 is 2.46 bits per heavy atom. The third-order valence-corrected chi connectivity index (χ3v) is 1.66. The van der Waals surface area contributed by atoms with E-state index in [0.29, 0.717) is 0 Å². The largest absolute Gasteiger partial charge is 0.370 e. The topological polar surface area (TPSA) is 37.0 Å². The third-order valence-electron chi connectivity index (χ3n) is 1.66. The molecule has 2 N–H and O–H groups in total. The van der Waals surface area contributed by atoms with Gasteiger partial charge < -0.3 is 10.6 Å². The van der Waals surface area contributed by atoms with Gasteiger partial charge in [0.05, 0.1) is 0 Å². The molecule has 0 aromatic carbocycles. The highest BCUT2D eigenvalue weighted by molar-refractivity contribution is 5.44. The Bertz CT molecular complexity index is 248. The molecule has 1 aromatic rings. The van der Waals surface area contributed by atoms with Gasteiger partial charge in [-0.2, -0.15) is 0 Å². The highest BCUT2D eigenvalue weighted by atomic mass is 15.1. The minimum Gasteiger partial charge on any atom is -0.370 e. The molecule has 0 saturated carbocycles. The lowest BCUT2D eigenvalue weighted by atomic mass is 10.4. The van der Waals surface area contributed by atoms with Gasteiger partial charge in [-0.05, 0) is 25.5 Å². The Hall–Kier alpha value is -1.25. The Morgan fingerprint density at radius 2 is 1.85 bits per heavy atom. The molecule has 1 aromatic heterocycles. The Morgan fingerprint density at radius 1 is 1.15 bits per heavy atom. The third kappa shape index (κ3) is 3.32. The summed E-state index contributed by atoms with van der Waals surface area (Å²) >= 11 is 0. The summed E-state index contributed by atoms with van der Waals surface area (Å²) in [6.07, 6.45) is 1.12. The van der Waals surface area contributed by atoms with Gasteiger partial charge in [-0.15, -0.1) is 0 Å². The Balaban J connectivity index is 2.56. The van der Waals surface area contributed by atoms with Crippen molar-refractivity contribution in [3.8, 4) is 0 Å². The van der Waals surface area contributed by atoms with Crippen LogP contribution in [0.25, 0.3) is 0 Å². The summed E-state index contributed by atoms with van der Waals surface area (Å²) < 4.78 is 0. The van der Waals surface area contributed by atoms with Crippen LogP contribution in [0.15, 0.2) is 18.2 Å². The van der Waals surface area contributed by atoms with E-state index >= 15 is 0 Å². The maximum atomic E-state index is 4.38. The van der Waals surface area contributed by atoms with Crippen molar-refractivity contribution >= 4 is 11.6 Å². The second-order valence-corrected chi connectivity index (χ2v) is 2.87. The first-order valence-corrected chi connectivity index (χ1v) is 4.81. The average molecular weight is 179 g/mol. The molecule has 13 heavy (non-hydrogen) atoms. The zero-order valence-electron chi connectivity index (χ0n) is 8.30. The van der Waals surface area contributed by atoms with Crippen molar-refractivity contribution < 1.29 is 0 Å². The lowest BCUT2D eigenvalue weighted by molar-refractivity contribution is 0.968. The van der Waals surface area contributed by atoms with E-state index in [9.17, 15) is 0 Å². The summed E-state index contributed by atoms with van der Waals surface area (Å²) in [4.78, 5) is 4.38. The summed E-state index contributed by atoms with van der Waals surface area (Å²) in [5.74, 6) is 1.88. The number of rotatable bonds is 5. The minimum atomic E-state index is 0.907. The van der Waals surface area contributed by atoms with Crippen LogP contribution >= 0.6 is 0 Å². The van der Waals surface area contributed by atoms with Crippen LogP contribution in [0.2, 0.25) is 0 Å². The fraction of sp³-hybridized carbons (Fsp3) is 0.500. The molecule has 0 aliphatic rings. The molecule has 0 radical (unpaired) electrons. The first-order chi connectivity index (χ1) is 6.36. The van der Waals surface area contributed by atoms with Crippen molar-refractivity contribution in [1.29, 1.82) is 0 Å². The quantitative estimate of drug-likeness (QED) is 0.728. The molecule has 3 nitrogen and oxygen atoms in total. The van der Waals surface area contributed by atoms with Crippen LogP contribution in [0.5, 0.6) is 0 Å². The number of hydrogen-bond donors (Lipinski definition) is 2. The van der Waals surface area contributed by atoms with Gasteiger partial charge in [-0.25, -0.2) is 4.98 Å². The lowest BCUT2D eigenvalue weighted by Crippen LogP contribution is -2.04. The molecular weight excluding hydrogens is 162 g/mol. The minimum absolute atomic E-state index is 0.907. The van der Waals surface area contributed by atoms with Crippen molar-refractivity contribution in [1.82, 2.24) is 4.98 Å². The molecule has 1 heterocycles. The van der Waals surface area contributed by atoms with Gasteiger partial charge in [0.15, 0.2) is 0 Å². The molecule has 0 saturated heterocycles. The summed E-state index contributed by atoms with van der Waals surface area (Å²) in [7, 11) is 0. The maximum absolute atomic E-state index is 4.38. The van der Waals surface area contributed by atoms with Crippen LogP contribution in [-0.2, 0) is 0 Å². The van der Waals surface area contributed by atoms with Crippen molar-refractivity contribution in [2.24, 2.45) is 0 Å². The van der Waals surface area contributed by atoms with Crippen molar-refractivity contribution in [2.75, 3.05) is 23.7 Å². The van der Waals surface area contributed by atoms with Gasteiger partial charge in [-0.1, -0.05) is 13.0 Å². The summed E-state index contributed by atoms with van der Waals surface area (Å²) in [5.41, 5.74) is 0. The van der Waals surface area contributed by atoms with E-state index in [2.05, 4.69) is 29.5 Å². The second kappa shape index (κ2) is 5.41. The zero-order valence-corrected chi connectivity index (χ0v) is 8.30. The zero-order chi connectivity index (χ0) is 9.52. The lowest BCUT2D eigenvalue weighted by Gasteiger charge is -2.06. The maximum Gasteiger partial charge on any atom is 0.128 e. The molecule has 0 atom stereocenters. The number of pyridine rings is 1. The predicted octanol–water partition coefficient (Wildman–Crippen LogP) is 2.34. The Kier molecular flexibility index (Phi) is 4.09. The molecule has 1 rings (SSSR count). The van der Waals surface area contributed by atoms with Crippen molar-refractivity contribution in [3.05, 3.63) is 18.2 Å². The van der Waals surface area contributed by atoms with E-state index < -0.39 is 0 Å². The molecule has 0 amide bonds. The molecule has 0 spiro atoms. The van der Waals surface area contributed by atoms with Gasteiger partial charge in [-0.3, -0.25) is 0 Å². The molecule has 0 aliphatic carbocycles. The average Bonchev–Trinajstić information content (AvgIpc) is 2.16. The molecule has 0 unspecified atom stereocenters. The molecular formula is C10H17N3. The fourth-order valence-corrected chi connectivity index (χ4v) is 1.07. The number of hydrogen-bond acceptors (Lipinski definition) is 3. The molecule has 0 fully saturated rings. The molecule has 72 valence electrons. The predicted molar refractivity (Wildman–Crippen MR) is 57.2 cm³/mol. The monoisotopic (exact) mass is 179 g/mol. The van der Waals surface area contributed by atoms with Crippen molar-refractivity contribution in [3.63, 3.8) is 0 Å². The van der Waals surface area contributed by atoms with Gasteiger partial charge >= 0.3 is 0 Å². The van der Waals surface area contributed by atoms with Crippen LogP contribution < -0.4 is 10.6 Å². The highest BCUT2D eigenvalue weighted by Gasteiger charge is 1.93. The molecule has 0 bridgehead atoms. The van der Waals surface area contributed by atoms with E-state index in [1.807, 2.05) is 18.2 Å². The van der Waals surface area contributed by atoms with Crippen molar-refractivity contribution in [2.45, 2.75) is 20.3 Å². The van der Waals surface area contributed by atoms with Crippen LogP contribution in [0.4, 0.5) is 11.6 Å². The summed E-state index contributed by atoms with van der Waals surface area (Å²) in [6, 6.07) is 5.96. The van der Waals surface area contributed by atoms with Gasteiger partial charge in [0.1, 0.15) is 11.6 Å². The van der Waals surface area contributed by atoms with E-state index in [-0.39, 0.29) is 0 Å². The van der Waals surface area contributed by atoms with Crippen LogP contribution in [-0.4, -0.2) is 18.1 Å². The van der Waals surface area contributed by atoms with Gasteiger partial charge in [0, 0.05) is 13.1 Å².